The number of nitrogens with one attached hydrogen (secondary N) is 1. The van der Waals surface area contributed by atoms with Gasteiger partial charge in [0.2, 0.25) is 0 Å². The quantitative estimate of drug-likeness (QED) is 0.491. The molecule has 1 aliphatic carbocycles. The van der Waals surface area contributed by atoms with Gasteiger partial charge in [0, 0.05) is 0 Å². The number of hydrogen-bond donors (Lipinski definition) is 2. The van der Waals surface area contributed by atoms with Crippen LogP contribution in [0.2, 0.25) is 0 Å². The van der Waals surface area contributed by atoms with E-state index in [9.17, 15) is 4.39 Å². The maximum atomic E-state index is 13.7. The van der Waals surface area contributed by atoms with Gasteiger partial charge in [0.05, 0.1) is 10.5 Å². The Bertz CT molecular complexity index is 459. The predicted octanol–water partition coefficient (Wildman–Crippen LogP) is 4.37. The highest BCUT2D eigenvalue weighted by Gasteiger charge is 2.19. The zero-order chi connectivity index (χ0) is 13.7. The number of hydrogen-bond acceptors (Lipinski definition) is 2. The largest absolute Gasteiger partial charge is 0.271 e. The van der Waals surface area contributed by atoms with Crippen molar-refractivity contribution in [1.82, 2.24) is 5.43 Å². The summed E-state index contributed by atoms with van der Waals surface area (Å²) in [6.45, 7) is 0. The summed E-state index contributed by atoms with van der Waals surface area (Å²) >= 11 is 3.33. The van der Waals surface area contributed by atoms with E-state index in [0.717, 1.165) is 18.4 Å². The van der Waals surface area contributed by atoms with E-state index in [1.165, 1.54) is 37.3 Å². The van der Waals surface area contributed by atoms with Gasteiger partial charge < -0.3 is 0 Å². The highest BCUT2D eigenvalue weighted by Crippen LogP contribution is 2.33. The Labute approximate surface area is 122 Å². The van der Waals surface area contributed by atoms with E-state index < -0.39 is 0 Å². The van der Waals surface area contributed by atoms with Crippen LogP contribution in [0.15, 0.2) is 34.3 Å². The van der Waals surface area contributed by atoms with Crippen molar-refractivity contribution in [2.24, 2.45) is 5.84 Å². The molecule has 1 unspecified atom stereocenters. The fourth-order valence-electron chi connectivity index (χ4n) is 2.62. The average molecular weight is 327 g/mol. The molecule has 0 saturated carbocycles. The second-order valence-electron chi connectivity index (χ2n) is 4.97. The SMILES string of the molecule is NNC(/C1=C/CCCCCC1)c1cccc(F)c1Br. The molecule has 0 fully saturated rings. The highest BCUT2D eigenvalue weighted by molar-refractivity contribution is 9.10. The molecule has 4 heteroatoms. The van der Waals surface area contributed by atoms with E-state index in [4.69, 9.17) is 5.84 Å². The lowest BCUT2D eigenvalue weighted by molar-refractivity contribution is 0.548. The van der Waals surface area contributed by atoms with E-state index in [1.54, 1.807) is 6.07 Å². The molecule has 0 bridgehead atoms. The maximum absolute atomic E-state index is 13.7. The van der Waals surface area contributed by atoms with Gasteiger partial charge >= 0.3 is 0 Å². The summed E-state index contributed by atoms with van der Waals surface area (Å²) < 4.78 is 14.2. The van der Waals surface area contributed by atoms with Crippen molar-refractivity contribution in [2.75, 3.05) is 0 Å². The van der Waals surface area contributed by atoms with Crippen LogP contribution in [0.3, 0.4) is 0 Å². The molecule has 0 amide bonds. The molecule has 2 rings (SSSR count). The number of nitrogens with two attached hydrogens (primary N) is 1. The van der Waals surface area contributed by atoms with E-state index in [0.29, 0.717) is 4.47 Å². The van der Waals surface area contributed by atoms with E-state index in [-0.39, 0.29) is 11.9 Å². The van der Waals surface area contributed by atoms with Crippen molar-refractivity contribution in [3.05, 3.63) is 45.7 Å². The summed E-state index contributed by atoms with van der Waals surface area (Å²) in [5.74, 6) is 5.46. The zero-order valence-corrected chi connectivity index (χ0v) is 12.5. The van der Waals surface area contributed by atoms with Crippen molar-refractivity contribution in [3.8, 4) is 0 Å². The van der Waals surface area contributed by atoms with Crippen LogP contribution in [0, 0.1) is 5.82 Å². The molecule has 0 heterocycles. The third kappa shape index (κ3) is 3.65. The van der Waals surface area contributed by atoms with E-state index >= 15 is 0 Å². The lowest BCUT2D eigenvalue weighted by Crippen LogP contribution is -2.30. The van der Waals surface area contributed by atoms with E-state index in [1.807, 2.05) is 6.07 Å². The molecule has 0 saturated heterocycles. The molecule has 0 aliphatic heterocycles. The Morgan fingerprint density at radius 2 is 2.00 bits per heavy atom. The molecule has 104 valence electrons. The molecule has 3 N–H and O–H groups in total. The Morgan fingerprint density at radius 3 is 2.79 bits per heavy atom. The standard InChI is InChI=1S/C15H20BrFN2/c16-14-12(9-6-10-13(14)17)15(19-18)11-7-4-2-1-3-5-8-11/h6-7,9-10,15,19H,1-5,8,18H2/b11-7+. The van der Waals surface area contributed by atoms with Crippen LogP contribution in [0.5, 0.6) is 0 Å². The molecule has 1 aromatic carbocycles. The zero-order valence-electron chi connectivity index (χ0n) is 11.0. The molecule has 2 nitrogen and oxygen atoms in total. The third-order valence-electron chi connectivity index (χ3n) is 3.66. The topological polar surface area (TPSA) is 38.0 Å². The molecule has 1 atom stereocenters. The number of allylic oxidation sites excluding steroid dienone is 1. The lowest BCUT2D eigenvalue weighted by Gasteiger charge is -2.23. The van der Waals surface area contributed by atoms with Gasteiger partial charge in [-0.3, -0.25) is 5.84 Å². The Hall–Kier alpha value is -0.710. The first kappa shape index (κ1) is 14.7. The van der Waals surface area contributed by atoms with Gasteiger partial charge in [0.1, 0.15) is 5.82 Å². The average Bonchev–Trinajstić information content (AvgIpc) is 2.37. The lowest BCUT2D eigenvalue weighted by atomic mass is 9.91. The van der Waals surface area contributed by atoms with Crippen LogP contribution in [-0.2, 0) is 0 Å². The van der Waals surface area contributed by atoms with Crippen molar-refractivity contribution < 1.29 is 4.39 Å². The van der Waals surface area contributed by atoms with Crippen LogP contribution in [0.25, 0.3) is 0 Å². The van der Waals surface area contributed by atoms with Crippen LogP contribution < -0.4 is 11.3 Å². The highest BCUT2D eigenvalue weighted by atomic mass is 79.9. The molecule has 1 aliphatic rings. The van der Waals surface area contributed by atoms with Crippen LogP contribution >= 0.6 is 15.9 Å². The second kappa shape index (κ2) is 7.17. The van der Waals surface area contributed by atoms with Crippen molar-refractivity contribution in [2.45, 2.75) is 44.6 Å². The molecule has 19 heavy (non-hydrogen) atoms. The van der Waals surface area contributed by atoms with Crippen LogP contribution in [0.1, 0.15) is 50.1 Å². The molecule has 0 spiro atoms. The summed E-state index contributed by atoms with van der Waals surface area (Å²) in [5.41, 5.74) is 4.98. The van der Waals surface area contributed by atoms with Gasteiger partial charge in [-0.2, -0.15) is 0 Å². The molecule has 1 aromatic rings. The predicted molar refractivity (Wildman–Crippen MR) is 79.9 cm³/mol. The van der Waals surface area contributed by atoms with Gasteiger partial charge in [-0.05, 0) is 53.2 Å². The minimum Gasteiger partial charge on any atom is -0.271 e. The van der Waals surface area contributed by atoms with Gasteiger partial charge in [-0.25, -0.2) is 9.82 Å². The fraction of sp³-hybridized carbons (Fsp3) is 0.467. The normalized spacial score (nSPS) is 21.1. The smallest absolute Gasteiger partial charge is 0.137 e. The van der Waals surface area contributed by atoms with Crippen LogP contribution in [0.4, 0.5) is 4.39 Å². The number of rotatable bonds is 3. The Balaban J connectivity index is 2.30. The molecular formula is C15H20BrFN2. The van der Waals surface area contributed by atoms with Gasteiger partial charge in [-0.1, -0.05) is 36.6 Å². The van der Waals surface area contributed by atoms with Crippen molar-refractivity contribution in [1.29, 1.82) is 0 Å². The van der Waals surface area contributed by atoms with Crippen molar-refractivity contribution in [3.63, 3.8) is 0 Å². The molecule has 0 aromatic heterocycles. The monoisotopic (exact) mass is 326 g/mol. The second-order valence-corrected chi connectivity index (χ2v) is 5.77. The molecule has 0 radical (unpaired) electrons. The summed E-state index contributed by atoms with van der Waals surface area (Å²) in [4.78, 5) is 0. The summed E-state index contributed by atoms with van der Waals surface area (Å²) in [5, 5.41) is 0. The maximum Gasteiger partial charge on any atom is 0.137 e. The summed E-state index contributed by atoms with van der Waals surface area (Å²) in [6.07, 6.45) is 9.34. The number of hydrazine groups is 1. The number of halogens is 2. The minimum absolute atomic E-state index is 0.108. The first-order valence-corrected chi connectivity index (χ1v) is 7.62. The van der Waals surface area contributed by atoms with Gasteiger partial charge in [0.25, 0.3) is 0 Å². The van der Waals surface area contributed by atoms with Crippen LogP contribution in [-0.4, -0.2) is 0 Å². The third-order valence-corrected chi connectivity index (χ3v) is 4.49. The minimum atomic E-state index is -0.246. The fourth-order valence-corrected chi connectivity index (χ4v) is 3.11. The first-order chi connectivity index (χ1) is 9.24. The molecular weight excluding hydrogens is 307 g/mol. The van der Waals surface area contributed by atoms with E-state index in [2.05, 4.69) is 27.4 Å². The number of benzene rings is 1. The Morgan fingerprint density at radius 1 is 1.21 bits per heavy atom. The summed E-state index contributed by atoms with van der Waals surface area (Å²) in [7, 11) is 0. The Kier molecular flexibility index (Phi) is 5.55. The van der Waals surface area contributed by atoms with Gasteiger partial charge in [-0.15, -0.1) is 0 Å². The first-order valence-electron chi connectivity index (χ1n) is 6.83. The summed E-state index contributed by atoms with van der Waals surface area (Å²) in [6, 6.07) is 4.98. The van der Waals surface area contributed by atoms with Gasteiger partial charge in [0.15, 0.2) is 0 Å². The van der Waals surface area contributed by atoms with Crippen molar-refractivity contribution >= 4 is 15.9 Å².